The summed E-state index contributed by atoms with van der Waals surface area (Å²) in [6.45, 7) is 6.98. The predicted octanol–water partition coefficient (Wildman–Crippen LogP) is 14.3. The van der Waals surface area contributed by atoms with Crippen LogP contribution in [0.15, 0.2) is 188 Å². The first-order valence-electron chi connectivity index (χ1n) is 19.5. The van der Waals surface area contributed by atoms with Gasteiger partial charge in [-0.15, -0.1) is 0 Å². The van der Waals surface area contributed by atoms with Crippen LogP contribution in [0.1, 0.15) is 52.8 Å². The molecule has 11 rings (SSSR count). The van der Waals surface area contributed by atoms with Gasteiger partial charge in [-0.1, -0.05) is 195 Å². The summed E-state index contributed by atoms with van der Waals surface area (Å²) in [7, 11) is 0. The molecule has 2 aliphatic rings. The summed E-state index contributed by atoms with van der Waals surface area (Å²) in [5, 5.41) is 5.13. The van der Waals surface area contributed by atoms with Crippen LogP contribution in [-0.4, -0.2) is 0 Å². The predicted molar refractivity (Wildman–Crippen MR) is 232 cm³/mol. The Labute approximate surface area is 323 Å². The summed E-state index contributed by atoms with van der Waals surface area (Å²) in [4.78, 5) is 0. The van der Waals surface area contributed by atoms with E-state index in [2.05, 4.69) is 209 Å². The highest BCUT2D eigenvalue weighted by Crippen LogP contribution is 2.58. The first-order chi connectivity index (χ1) is 27.0. The zero-order valence-corrected chi connectivity index (χ0v) is 31.4. The summed E-state index contributed by atoms with van der Waals surface area (Å²) in [6.07, 6.45) is 0. The van der Waals surface area contributed by atoms with E-state index in [0.29, 0.717) is 0 Å². The van der Waals surface area contributed by atoms with E-state index in [-0.39, 0.29) is 5.41 Å². The van der Waals surface area contributed by atoms with Gasteiger partial charge in [0, 0.05) is 5.41 Å². The summed E-state index contributed by atoms with van der Waals surface area (Å²) in [5.41, 5.74) is 19.2. The smallest absolute Gasteiger partial charge is 0.0622 e. The van der Waals surface area contributed by atoms with Crippen molar-refractivity contribution < 1.29 is 0 Å². The molecule has 0 heterocycles. The number of hydrogen-bond donors (Lipinski definition) is 0. The maximum absolute atomic E-state index is 2.52. The Balaban J connectivity index is 1.20. The number of aryl methyl sites for hydroxylation is 1. The number of hydrogen-bond acceptors (Lipinski definition) is 0. The van der Waals surface area contributed by atoms with Crippen LogP contribution in [0.4, 0.5) is 0 Å². The van der Waals surface area contributed by atoms with Crippen LogP contribution in [0.3, 0.4) is 0 Å². The van der Waals surface area contributed by atoms with Crippen LogP contribution in [0.2, 0.25) is 0 Å². The van der Waals surface area contributed by atoms with Gasteiger partial charge in [0.25, 0.3) is 0 Å². The molecule has 0 radical (unpaired) electrons. The van der Waals surface area contributed by atoms with E-state index in [0.717, 1.165) is 0 Å². The summed E-state index contributed by atoms with van der Waals surface area (Å²) >= 11 is 0. The molecule has 0 amide bonds. The van der Waals surface area contributed by atoms with Gasteiger partial charge in [-0.2, -0.15) is 0 Å². The molecule has 9 aromatic rings. The molecule has 0 unspecified atom stereocenters. The van der Waals surface area contributed by atoms with Crippen LogP contribution in [-0.2, 0) is 10.8 Å². The van der Waals surface area contributed by atoms with E-state index >= 15 is 0 Å². The van der Waals surface area contributed by atoms with E-state index in [9.17, 15) is 0 Å². The molecule has 0 aromatic heterocycles. The minimum atomic E-state index is -0.457. The van der Waals surface area contributed by atoms with Gasteiger partial charge in [0.15, 0.2) is 0 Å². The van der Waals surface area contributed by atoms with Gasteiger partial charge >= 0.3 is 0 Å². The zero-order chi connectivity index (χ0) is 36.9. The fourth-order valence-electron chi connectivity index (χ4n) is 10.4. The largest absolute Gasteiger partial charge is 0.0713 e. The summed E-state index contributed by atoms with van der Waals surface area (Å²) < 4.78 is 0. The second-order valence-corrected chi connectivity index (χ2v) is 16.1. The summed E-state index contributed by atoms with van der Waals surface area (Å²) in [5.74, 6) is 0. The molecule has 2 aliphatic carbocycles. The second kappa shape index (κ2) is 11.7. The Kier molecular flexibility index (Phi) is 6.83. The first kappa shape index (κ1) is 32.0. The fraction of sp³-hybridized carbons (Fsp3) is 0.0909. The van der Waals surface area contributed by atoms with E-state index in [1.54, 1.807) is 0 Å². The van der Waals surface area contributed by atoms with E-state index in [4.69, 9.17) is 0 Å². The topological polar surface area (TPSA) is 0 Å². The highest BCUT2D eigenvalue weighted by molar-refractivity contribution is 6.21. The van der Waals surface area contributed by atoms with E-state index in [1.165, 1.54) is 105 Å². The van der Waals surface area contributed by atoms with Crippen LogP contribution in [0.25, 0.3) is 66.1 Å². The van der Waals surface area contributed by atoms with Crippen molar-refractivity contribution in [3.63, 3.8) is 0 Å². The standard InChI is InChI=1S/C55H40/c1-35-26-29-46-47(32-35)53(36-27-30-42-40-20-12-14-24-48(40)54(2,3)50(42)33-36)45-23-11-10-22-44(45)52(46)37-28-31-43-41-21-13-15-25-49(41)55(51(43)34-37,38-16-6-4-7-17-38)39-18-8-5-9-19-39/h4-34H,1-3H3. The molecular formula is C55H40. The van der Waals surface area contributed by atoms with Crippen molar-refractivity contribution in [1.29, 1.82) is 0 Å². The second-order valence-electron chi connectivity index (χ2n) is 16.1. The van der Waals surface area contributed by atoms with Gasteiger partial charge in [0.05, 0.1) is 5.41 Å². The van der Waals surface area contributed by atoms with Crippen LogP contribution < -0.4 is 0 Å². The fourth-order valence-corrected chi connectivity index (χ4v) is 10.4. The van der Waals surface area contributed by atoms with Crippen molar-refractivity contribution >= 4 is 21.5 Å². The molecule has 0 heteroatoms. The lowest BCUT2D eigenvalue weighted by atomic mass is 9.67. The van der Waals surface area contributed by atoms with Crippen LogP contribution in [0.5, 0.6) is 0 Å². The summed E-state index contributed by atoms with van der Waals surface area (Å²) in [6, 6.07) is 70.9. The minimum absolute atomic E-state index is 0.0740. The van der Waals surface area contributed by atoms with Gasteiger partial charge in [-0.25, -0.2) is 0 Å². The Bertz CT molecular complexity index is 2960. The molecule has 0 bridgehead atoms. The van der Waals surface area contributed by atoms with Crippen molar-refractivity contribution in [1.82, 2.24) is 0 Å². The van der Waals surface area contributed by atoms with Gasteiger partial charge in [-0.3, -0.25) is 0 Å². The van der Waals surface area contributed by atoms with Crippen molar-refractivity contribution in [2.24, 2.45) is 0 Å². The van der Waals surface area contributed by atoms with Crippen molar-refractivity contribution in [3.05, 3.63) is 227 Å². The average molecular weight is 701 g/mol. The average Bonchev–Trinajstić information content (AvgIpc) is 3.65. The number of rotatable bonds is 4. The molecule has 0 fully saturated rings. The monoisotopic (exact) mass is 700 g/mol. The number of fused-ring (bicyclic) bond motifs is 8. The molecule has 0 aliphatic heterocycles. The molecule has 55 heavy (non-hydrogen) atoms. The number of benzene rings is 9. The van der Waals surface area contributed by atoms with Gasteiger partial charge in [-0.05, 0) is 118 Å². The molecule has 0 saturated carbocycles. The lowest BCUT2D eigenvalue weighted by Crippen LogP contribution is -2.28. The highest BCUT2D eigenvalue weighted by Gasteiger charge is 2.46. The Morgan fingerprint density at radius 1 is 0.327 bits per heavy atom. The molecule has 0 N–H and O–H groups in total. The van der Waals surface area contributed by atoms with Crippen LogP contribution >= 0.6 is 0 Å². The molecule has 0 spiro atoms. The maximum atomic E-state index is 2.52. The molecule has 0 atom stereocenters. The molecular weight excluding hydrogens is 661 g/mol. The zero-order valence-electron chi connectivity index (χ0n) is 31.4. The van der Waals surface area contributed by atoms with Gasteiger partial charge in [0.1, 0.15) is 0 Å². The van der Waals surface area contributed by atoms with Gasteiger partial charge < -0.3 is 0 Å². The van der Waals surface area contributed by atoms with E-state index in [1.807, 2.05) is 0 Å². The van der Waals surface area contributed by atoms with Crippen LogP contribution in [0, 0.1) is 6.92 Å². The SMILES string of the molecule is Cc1ccc2c(-c3ccc4c(c3)C(c3ccccc3)(c3ccccc3)c3ccccc3-4)c3ccccc3c(-c3ccc4c(c3)C(C)(C)c3ccccc3-4)c2c1. The lowest BCUT2D eigenvalue weighted by Gasteiger charge is -2.34. The lowest BCUT2D eigenvalue weighted by molar-refractivity contribution is 0.660. The Hall–Kier alpha value is -6.50. The molecule has 0 saturated heterocycles. The third kappa shape index (κ3) is 4.40. The van der Waals surface area contributed by atoms with Crippen molar-refractivity contribution in [2.75, 3.05) is 0 Å². The van der Waals surface area contributed by atoms with Crippen molar-refractivity contribution in [3.8, 4) is 44.5 Å². The Morgan fingerprint density at radius 2 is 0.782 bits per heavy atom. The normalized spacial score (nSPS) is 14.4. The third-order valence-corrected chi connectivity index (χ3v) is 12.8. The quantitative estimate of drug-likeness (QED) is 0.160. The molecule has 260 valence electrons. The molecule has 9 aromatic carbocycles. The molecule has 0 nitrogen and oxygen atoms in total. The first-order valence-corrected chi connectivity index (χ1v) is 19.5. The Morgan fingerprint density at radius 3 is 1.42 bits per heavy atom. The van der Waals surface area contributed by atoms with Crippen molar-refractivity contribution in [2.45, 2.75) is 31.6 Å². The van der Waals surface area contributed by atoms with E-state index < -0.39 is 5.41 Å². The third-order valence-electron chi connectivity index (χ3n) is 12.8. The van der Waals surface area contributed by atoms with Gasteiger partial charge in [0.2, 0.25) is 0 Å². The maximum Gasteiger partial charge on any atom is 0.0713 e. The highest BCUT2D eigenvalue weighted by atomic mass is 14.5. The minimum Gasteiger partial charge on any atom is -0.0622 e.